The van der Waals surface area contributed by atoms with E-state index in [1.807, 2.05) is 0 Å². The van der Waals surface area contributed by atoms with E-state index in [4.69, 9.17) is 9.15 Å². The molecule has 0 unspecified atom stereocenters. The number of hydrogen-bond acceptors (Lipinski definition) is 6. The molecule has 0 aliphatic carbocycles. The van der Waals surface area contributed by atoms with Crippen molar-refractivity contribution in [2.24, 2.45) is 0 Å². The van der Waals surface area contributed by atoms with E-state index in [9.17, 15) is 13.6 Å². The summed E-state index contributed by atoms with van der Waals surface area (Å²) < 4.78 is 58.5. The average Bonchev–Trinajstić information content (AvgIpc) is 3.19. The third-order valence-electron chi connectivity index (χ3n) is 5.22. The maximum atomic E-state index is 15.2. The molecule has 0 spiro atoms. The lowest BCUT2D eigenvalue weighted by Gasteiger charge is -2.13. The number of esters is 1. The van der Waals surface area contributed by atoms with Crippen LogP contribution in [0.25, 0.3) is 22.1 Å². The fourth-order valence-electron chi connectivity index (χ4n) is 3.67. The van der Waals surface area contributed by atoms with Crippen LogP contribution in [-0.2, 0) is 29.1 Å². The molecular weight excluding hydrogens is 449 g/mol. The molecule has 34 heavy (non-hydrogen) atoms. The van der Waals surface area contributed by atoms with Gasteiger partial charge in [-0.15, -0.1) is 0 Å². The SMILES string of the molecule is CNCc1nccc(-c2cc(COc3ccc(F)cc3CC(=O)OC)cc3cc(F)oc23)c1F. The quantitative estimate of drug-likeness (QED) is 0.369. The second-order valence-corrected chi connectivity index (χ2v) is 7.56. The molecule has 1 N–H and O–H groups in total. The number of nitrogens with zero attached hydrogens (tertiary/aromatic N) is 1. The van der Waals surface area contributed by atoms with Crippen LogP contribution in [0, 0.1) is 17.6 Å². The topological polar surface area (TPSA) is 73.6 Å². The predicted octanol–water partition coefficient (Wildman–Crippen LogP) is 4.93. The molecule has 2 aromatic carbocycles. The minimum absolute atomic E-state index is 0.00831. The van der Waals surface area contributed by atoms with Crippen molar-refractivity contribution in [3.05, 3.63) is 83.1 Å². The largest absolute Gasteiger partial charge is 0.489 e. The van der Waals surface area contributed by atoms with Gasteiger partial charge in [-0.1, -0.05) is 0 Å². The van der Waals surface area contributed by atoms with E-state index in [-0.39, 0.29) is 36.4 Å². The molecule has 0 aliphatic heterocycles. The van der Waals surface area contributed by atoms with Crippen molar-refractivity contribution in [1.29, 1.82) is 0 Å². The highest BCUT2D eigenvalue weighted by molar-refractivity contribution is 5.93. The van der Waals surface area contributed by atoms with E-state index in [1.165, 1.54) is 43.6 Å². The lowest BCUT2D eigenvalue weighted by atomic mass is 10.00. The molecule has 4 rings (SSSR count). The van der Waals surface area contributed by atoms with Crippen LogP contribution < -0.4 is 10.1 Å². The lowest BCUT2D eigenvalue weighted by Crippen LogP contribution is -2.09. The molecular formula is C25H21F3N2O4. The fraction of sp³-hybridized carbons (Fsp3) is 0.200. The third kappa shape index (κ3) is 4.89. The zero-order chi connectivity index (χ0) is 24.2. The van der Waals surface area contributed by atoms with Crippen LogP contribution in [0.15, 0.2) is 53.1 Å². The molecule has 0 amide bonds. The lowest BCUT2D eigenvalue weighted by molar-refractivity contribution is -0.139. The monoisotopic (exact) mass is 470 g/mol. The van der Waals surface area contributed by atoms with Crippen molar-refractivity contribution in [2.75, 3.05) is 14.2 Å². The highest BCUT2D eigenvalue weighted by Gasteiger charge is 2.18. The highest BCUT2D eigenvalue weighted by Crippen LogP contribution is 2.34. The van der Waals surface area contributed by atoms with Gasteiger partial charge in [-0.05, 0) is 49.0 Å². The molecule has 176 valence electrons. The first kappa shape index (κ1) is 23.3. The minimum atomic E-state index is -0.807. The van der Waals surface area contributed by atoms with Gasteiger partial charge in [0, 0.05) is 40.9 Å². The zero-order valence-electron chi connectivity index (χ0n) is 18.5. The first-order chi connectivity index (χ1) is 16.4. The van der Waals surface area contributed by atoms with E-state index in [1.54, 1.807) is 19.2 Å². The first-order valence-corrected chi connectivity index (χ1v) is 10.4. The summed E-state index contributed by atoms with van der Waals surface area (Å²) in [6.45, 7) is 0.206. The van der Waals surface area contributed by atoms with Gasteiger partial charge in [0.1, 0.15) is 23.8 Å². The Morgan fingerprint density at radius 2 is 1.91 bits per heavy atom. The summed E-state index contributed by atoms with van der Waals surface area (Å²) in [4.78, 5) is 15.7. The number of aromatic nitrogens is 1. The summed E-state index contributed by atoms with van der Waals surface area (Å²) in [5, 5.41) is 3.28. The van der Waals surface area contributed by atoms with Crippen molar-refractivity contribution in [3.8, 4) is 16.9 Å². The molecule has 2 aromatic heterocycles. The molecule has 0 aliphatic rings. The van der Waals surface area contributed by atoms with Gasteiger partial charge in [0.25, 0.3) is 6.01 Å². The Hall–Kier alpha value is -3.85. The standard InChI is InChI=1S/C25H21F3N2O4/c1-29-12-20-24(28)18(5-6-30-20)19-8-14(7-16-10-22(27)34-25(16)19)13-33-21-4-3-17(26)9-15(21)11-23(31)32-2/h3-10,29H,11-13H2,1-2H3. The molecule has 0 saturated carbocycles. The molecule has 0 atom stereocenters. The number of hydrogen-bond donors (Lipinski definition) is 1. The second kappa shape index (κ2) is 9.96. The van der Waals surface area contributed by atoms with E-state index < -0.39 is 23.6 Å². The summed E-state index contributed by atoms with van der Waals surface area (Å²) >= 11 is 0. The number of methoxy groups -OCH3 is 1. The Kier molecular flexibility index (Phi) is 6.83. The number of carbonyl (C=O) groups excluding carboxylic acids is 1. The minimum Gasteiger partial charge on any atom is -0.489 e. The van der Waals surface area contributed by atoms with Crippen LogP contribution in [0.1, 0.15) is 16.8 Å². The molecule has 2 heterocycles. The van der Waals surface area contributed by atoms with E-state index in [0.29, 0.717) is 27.8 Å². The molecule has 0 radical (unpaired) electrons. The van der Waals surface area contributed by atoms with Gasteiger partial charge in [0.15, 0.2) is 5.82 Å². The van der Waals surface area contributed by atoms with Gasteiger partial charge in [0.2, 0.25) is 0 Å². The Bertz CT molecular complexity index is 1350. The molecule has 0 bridgehead atoms. The van der Waals surface area contributed by atoms with Gasteiger partial charge in [-0.25, -0.2) is 8.78 Å². The second-order valence-electron chi connectivity index (χ2n) is 7.56. The maximum Gasteiger partial charge on any atom is 0.310 e. The smallest absolute Gasteiger partial charge is 0.310 e. The van der Waals surface area contributed by atoms with Crippen molar-refractivity contribution < 1.29 is 31.9 Å². The van der Waals surface area contributed by atoms with E-state index >= 15 is 4.39 Å². The highest BCUT2D eigenvalue weighted by atomic mass is 19.1. The van der Waals surface area contributed by atoms with Crippen molar-refractivity contribution >= 4 is 16.9 Å². The third-order valence-corrected chi connectivity index (χ3v) is 5.22. The van der Waals surface area contributed by atoms with Crippen LogP contribution in [-0.4, -0.2) is 25.1 Å². The molecule has 0 fully saturated rings. The Balaban J connectivity index is 1.71. The van der Waals surface area contributed by atoms with E-state index in [0.717, 1.165) is 0 Å². The number of ether oxygens (including phenoxy) is 2. The number of nitrogens with one attached hydrogen (secondary N) is 1. The van der Waals surface area contributed by atoms with Gasteiger partial charge in [-0.3, -0.25) is 9.78 Å². The summed E-state index contributed by atoms with van der Waals surface area (Å²) in [7, 11) is 2.92. The van der Waals surface area contributed by atoms with Gasteiger partial charge in [0.05, 0.1) is 19.2 Å². The zero-order valence-corrected chi connectivity index (χ0v) is 18.5. The summed E-state index contributed by atoms with van der Waals surface area (Å²) in [6, 6.07) is 9.00. The first-order valence-electron chi connectivity index (χ1n) is 10.4. The van der Waals surface area contributed by atoms with Crippen molar-refractivity contribution in [1.82, 2.24) is 10.3 Å². The fourth-order valence-corrected chi connectivity index (χ4v) is 3.67. The van der Waals surface area contributed by atoms with E-state index in [2.05, 4.69) is 15.0 Å². The van der Waals surface area contributed by atoms with Crippen LogP contribution in [0.5, 0.6) is 5.75 Å². The van der Waals surface area contributed by atoms with Crippen LogP contribution >= 0.6 is 0 Å². The molecule has 6 nitrogen and oxygen atoms in total. The number of halogens is 3. The normalized spacial score (nSPS) is 11.1. The number of furan rings is 1. The Labute approximate surface area is 193 Å². The van der Waals surface area contributed by atoms with Crippen molar-refractivity contribution in [2.45, 2.75) is 19.6 Å². The summed E-state index contributed by atoms with van der Waals surface area (Å²) in [6.07, 6.45) is 1.30. The van der Waals surface area contributed by atoms with Crippen LogP contribution in [0.3, 0.4) is 0 Å². The Morgan fingerprint density at radius 1 is 1.09 bits per heavy atom. The number of pyridine rings is 1. The van der Waals surface area contributed by atoms with Crippen LogP contribution in [0.2, 0.25) is 0 Å². The van der Waals surface area contributed by atoms with Crippen LogP contribution in [0.4, 0.5) is 13.2 Å². The van der Waals surface area contributed by atoms with Gasteiger partial charge in [-0.2, -0.15) is 4.39 Å². The number of benzene rings is 2. The van der Waals surface area contributed by atoms with Gasteiger partial charge >= 0.3 is 5.97 Å². The number of carbonyl (C=O) groups is 1. The number of rotatable bonds is 8. The summed E-state index contributed by atoms with van der Waals surface area (Å²) in [5.41, 5.74) is 1.85. The maximum absolute atomic E-state index is 15.2. The van der Waals surface area contributed by atoms with Crippen molar-refractivity contribution in [3.63, 3.8) is 0 Å². The average molecular weight is 470 g/mol. The summed E-state index contributed by atoms with van der Waals surface area (Å²) in [5.74, 6) is -1.32. The Morgan fingerprint density at radius 3 is 2.68 bits per heavy atom. The predicted molar refractivity (Wildman–Crippen MR) is 119 cm³/mol. The molecule has 9 heteroatoms. The number of fused-ring (bicyclic) bond motifs is 1. The van der Waals surface area contributed by atoms with Gasteiger partial charge < -0.3 is 19.2 Å². The molecule has 0 saturated heterocycles. The molecule has 4 aromatic rings.